The van der Waals surface area contributed by atoms with E-state index in [0.29, 0.717) is 0 Å². The van der Waals surface area contributed by atoms with Crippen LogP contribution in [0.2, 0.25) is 0 Å². The summed E-state index contributed by atoms with van der Waals surface area (Å²) in [6, 6.07) is 9.95. The molecule has 3 rings (SSSR count). The maximum Gasteiger partial charge on any atom is 0.124 e. The van der Waals surface area contributed by atoms with E-state index in [0.717, 1.165) is 26.4 Å². The second kappa shape index (κ2) is 4.24. The molecular weight excluding hydrogens is 232 g/mol. The Hall–Kier alpha value is -1.78. The molecule has 0 atom stereocenters. The van der Waals surface area contributed by atoms with Crippen LogP contribution in [-0.2, 0) is 6.61 Å². The third kappa shape index (κ3) is 1.81. The predicted octanol–water partition coefficient (Wildman–Crippen LogP) is 2.85. The van der Waals surface area contributed by atoms with Crippen LogP contribution in [0.25, 0.3) is 21.5 Å². The van der Waals surface area contributed by atoms with Crippen molar-refractivity contribution in [3.63, 3.8) is 0 Å². The Balaban J connectivity index is 2.23. The Morgan fingerprint density at radius 1 is 1.12 bits per heavy atom. The molecule has 17 heavy (non-hydrogen) atoms. The van der Waals surface area contributed by atoms with Gasteiger partial charge < -0.3 is 5.11 Å². The third-order valence-electron chi connectivity index (χ3n) is 2.59. The minimum absolute atomic E-state index is 0.0423. The van der Waals surface area contributed by atoms with Gasteiger partial charge in [0.25, 0.3) is 0 Å². The van der Waals surface area contributed by atoms with E-state index in [1.165, 1.54) is 11.3 Å². The second-order valence-electron chi connectivity index (χ2n) is 3.67. The third-order valence-corrected chi connectivity index (χ3v) is 3.60. The topological polar surface area (TPSA) is 46.0 Å². The van der Waals surface area contributed by atoms with Crippen molar-refractivity contribution in [3.8, 4) is 10.6 Å². The molecule has 0 bridgehead atoms. The van der Waals surface area contributed by atoms with Crippen LogP contribution < -0.4 is 0 Å². The molecule has 0 fully saturated rings. The largest absolute Gasteiger partial charge is 0.391 e. The highest BCUT2D eigenvalue weighted by atomic mass is 32.1. The first kappa shape index (κ1) is 10.4. The summed E-state index contributed by atoms with van der Waals surface area (Å²) >= 11 is 1.51. The number of fused-ring (bicyclic) bond motifs is 1. The van der Waals surface area contributed by atoms with Crippen molar-refractivity contribution in [1.29, 1.82) is 0 Å². The highest BCUT2D eigenvalue weighted by molar-refractivity contribution is 7.15. The van der Waals surface area contributed by atoms with E-state index in [4.69, 9.17) is 5.11 Å². The van der Waals surface area contributed by atoms with Gasteiger partial charge in [-0.15, -0.1) is 11.3 Å². The van der Waals surface area contributed by atoms with Gasteiger partial charge in [0.2, 0.25) is 0 Å². The molecule has 3 nitrogen and oxygen atoms in total. The van der Waals surface area contributed by atoms with Crippen molar-refractivity contribution in [1.82, 2.24) is 9.97 Å². The summed E-state index contributed by atoms with van der Waals surface area (Å²) in [7, 11) is 0. The normalized spacial score (nSPS) is 10.9. The fourth-order valence-corrected chi connectivity index (χ4v) is 2.60. The Morgan fingerprint density at radius 2 is 2.00 bits per heavy atom. The van der Waals surface area contributed by atoms with Gasteiger partial charge in [-0.25, -0.2) is 4.98 Å². The molecule has 0 aliphatic heterocycles. The summed E-state index contributed by atoms with van der Waals surface area (Å²) in [6.07, 6.45) is 3.51. The predicted molar refractivity (Wildman–Crippen MR) is 68.8 cm³/mol. The van der Waals surface area contributed by atoms with Crippen molar-refractivity contribution in [3.05, 3.63) is 47.6 Å². The van der Waals surface area contributed by atoms with Gasteiger partial charge in [0.1, 0.15) is 5.01 Å². The molecule has 4 heteroatoms. The Kier molecular flexibility index (Phi) is 2.59. The standard InChI is InChI=1S/C13H10N2OS/c16-8-9-7-15-13(17-9)11-5-6-14-12-4-2-1-3-10(11)12/h1-7,16H,8H2. The maximum absolute atomic E-state index is 9.07. The molecule has 2 heterocycles. The number of aliphatic hydroxyl groups excluding tert-OH is 1. The number of thiazole rings is 1. The number of benzene rings is 1. The van der Waals surface area contributed by atoms with Gasteiger partial charge in [-0.05, 0) is 12.1 Å². The number of aliphatic hydroxyl groups is 1. The van der Waals surface area contributed by atoms with Gasteiger partial charge in [0.05, 0.1) is 17.0 Å². The highest BCUT2D eigenvalue weighted by Gasteiger charge is 2.08. The molecular formula is C13H10N2OS. The average molecular weight is 242 g/mol. The quantitative estimate of drug-likeness (QED) is 0.751. The van der Waals surface area contributed by atoms with Gasteiger partial charge in [0, 0.05) is 23.3 Å². The van der Waals surface area contributed by atoms with Crippen LogP contribution in [0, 0.1) is 0 Å². The lowest BCUT2D eigenvalue weighted by Crippen LogP contribution is -1.82. The number of rotatable bonds is 2. The molecule has 0 aliphatic rings. The summed E-state index contributed by atoms with van der Waals surface area (Å²) in [6.45, 7) is 0.0423. The van der Waals surface area contributed by atoms with Crippen LogP contribution in [0.15, 0.2) is 42.7 Å². The van der Waals surface area contributed by atoms with Crippen LogP contribution in [0.4, 0.5) is 0 Å². The van der Waals surface area contributed by atoms with E-state index in [2.05, 4.69) is 9.97 Å². The van der Waals surface area contributed by atoms with E-state index >= 15 is 0 Å². The fourth-order valence-electron chi connectivity index (χ4n) is 1.79. The summed E-state index contributed by atoms with van der Waals surface area (Å²) in [5.74, 6) is 0. The van der Waals surface area contributed by atoms with Crippen LogP contribution in [-0.4, -0.2) is 15.1 Å². The molecule has 0 saturated carbocycles. The lowest BCUT2D eigenvalue weighted by molar-refractivity contribution is 0.285. The fraction of sp³-hybridized carbons (Fsp3) is 0.0769. The molecule has 3 aromatic rings. The van der Waals surface area contributed by atoms with E-state index < -0.39 is 0 Å². The number of para-hydroxylation sites is 1. The first-order valence-electron chi connectivity index (χ1n) is 5.28. The molecule has 0 radical (unpaired) electrons. The molecule has 0 unspecified atom stereocenters. The minimum Gasteiger partial charge on any atom is -0.391 e. The first-order valence-corrected chi connectivity index (χ1v) is 6.10. The van der Waals surface area contributed by atoms with Gasteiger partial charge in [-0.2, -0.15) is 0 Å². The average Bonchev–Trinajstić information content (AvgIpc) is 2.87. The zero-order chi connectivity index (χ0) is 11.7. The zero-order valence-corrected chi connectivity index (χ0v) is 9.81. The Labute approximate surface area is 102 Å². The smallest absolute Gasteiger partial charge is 0.124 e. The lowest BCUT2D eigenvalue weighted by Gasteiger charge is -2.01. The van der Waals surface area contributed by atoms with Crippen LogP contribution in [0.3, 0.4) is 0 Å². The molecule has 2 aromatic heterocycles. The maximum atomic E-state index is 9.07. The summed E-state index contributed by atoms with van der Waals surface area (Å²) in [4.78, 5) is 9.54. The molecule has 0 aliphatic carbocycles. The molecule has 1 aromatic carbocycles. The van der Waals surface area contributed by atoms with E-state index in [-0.39, 0.29) is 6.61 Å². The van der Waals surface area contributed by atoms with E-state index in [9.17, 15) is 0 Å². The molecule has 0 saturated heterocycles. The van der Waals surface area contributed by atoms with Crippen molar-refractivity contribution in [2.45, 2.75) is 6.61 Å². The minimum atomic E-state index is 0.0423. The van der Waals surface area contributed by atoms with E-state index in [1.807, 2.05) is 30.3 Å². The first-order chi connectivity index (χ1) is 8.38. The number of hydrogen-bond donors (Lipinski definition) is 1. The van der Waals surface area contributed by atoms with Crippen LogP contribution in [0.5, 0.6) is 0 Å². The number of pyridine rings is 1. The van der Waals surface area contributed by atoms with Crippen molar-refractivity contribution < 1.29 is 5.11 Å². The Morgan fingerprint density at radius 3 is 2.82 bits per heavy atom. The molecule has 0 amide bonds. The van der Waals surface area contributed by atoms with Crippen molar-refractivity contribution in [2.24, 2.45) is 0 Å². The summed E-state index contributed by atoms with van der Waals surface area (Å²) in [5, 5.41) is 11.1. The summed E-state index contributed by atoms with van der Waals surface area (Å²) in [5.41, 5.74) is 2.03. The monoisotopic (exact) mass is 242 g/mol. The van der Waals surface area contributed by atoms with Gasteiger partial charge in [-0.1, -0.05) is 18.2 Å². The summed E-state index contributed by atoms with van der Waals surface area (Å²) < 4.78 is 0. The van der Waals surface area contributed by atoms with Gasteiger partial charge >= 0.3 is 0 Å². The molecule has 1 N–H and O–H groups in total. The number of nitrogens with zero attached hydrogens (tertiary/aromatic N) is 2. The second-order valence-corrected chi connectivity index (χ2v) is 4.78. The van der Waals surface area contributed by atoms with Crippen LogP contribution in [0.1, 0.15) is 4.88 Å². The van der Waals surface area contributed by atoms with Crippen molar-refractivity contribution >= 4 is 22.2 Å². The number of aromatic nitrogens is 2. The lowest BCUT2D eigenvalue weighted by atomic mass is 10.1. The van der Waals surface area contributed by atoms with Crippen molar-refractivity contribution in [2.75, 3.05) is 0 Å². The number of hydrogen-bond acceptors (Lipinski definition) is 4. The molecule has 84 valence electrons. The van der Waals surface area contributed by atoms with Gasteiger partial charge in [-0.3, -0.25) is 4.98 Å². The van der Waals surface area contributed by atoms with Crippen LogP contribution >= 0.6 is 11.3 Å². The SMILES string of the molecule is OCc1cnc(-c2ccnc3ccccc23)s1. The zero-order valence-electron chi connectivity index (χ0n) is 9.00. The molecule has 0 spiro atoms. The van der Waals surface area contributed by atoms with E-state index in [1.54, 1.807) is 12.4 Å². The Bertz CT molecular complexity index is 658. The van der Waals surface area contributed by atoms with Gasteiger partial charge in [0.15, 0.2) is 0 Å². The highest BCUT2D eigenvalue weighted by Crippen LogP contribution is 2.30.